The smallest absolute Gasteiger partial charge is 0.287 e. The van der Waals surface area contributed by atoms with E-state index >= 15 is 0 Å². The average Bonchev–Trinajstić information content (AvgIpc) is 3.41. The van der Waals surface area contributed by atoms with E-state index in [9.17, 15) is 4.79 Å². The molecule has 3 aliphatic heterocycles. The first-order chi connectivity index (χ1) is 13.7. The number of carbonyl (C=O) groups excluding carboxylic acids is 1. The summed E-state index contributed by atoms with van der Waals surface area (Å²) in [6, 6.07) is 2.41. The molecular formula is C21H33N3O4. The summed E-state index contributed by atoms with van der Waals surface area (Å²) in [5, 5.41) is 12.3. The van der Waals surface area contributed by atoms with Gasteiger partial charge in [0.15, 0.2) is 5.76 Å². The van der Waals surface area contributed by atoms with Crippen molar-refractivity contribution in [3.63, 3.8) is 0 Å². The van der Waals surface area contributed by atoms with Gasteiger partial charge in [-0.2, -0.15) is 0 Å². The van der Waals surface area contributed by atoms with E-state index in [1.54, 1.807) is 0 Å². The Morgan fingerprint density at radius 3 is 2.89 bits per heavy atom. The zero-order valence-electron chi connectivity index (χ0n) is 16.9. The van der Waals surface area contributed by atoms with Gasteiger partial charge in [-0.25, -0.2) is 0 Å². The molecule has 4 rings (SSSR count). The lowest BCUT2D eigenvalue weighted by atomic mass is 10.1. The van der Waals surface area contributed by atoms with Crippen LogP contribution in [0.5, 0.6) is 0 Å². The highest BCUT2D eigenvalue weighted by molar-refractivity contribution is 5.92. The fraction of sp³-hybridized carbons (Fsp3) is 0.762. The van der Waals surface area contributed by atoms with Gasteiger partial charge in [-0.1, -0.05) is 6.92 Å². The summed E-state index contributed by atoms with van der Waals surface area (Å²) < 4.78 is 11.7. The van der Waals surface area contributed by atoms with E-state index in [0.29, 0.717) is 24.8 Å². The normalized spacial score (nSPS) is 28.6. The van der Waals surface area contributed by atoms with Gasteiger partial charge in [0.25, 0.3) is 5.91 Å². The monoisotopic (exact) mass is 391 g/mol. The van der Waals surface area contributed by atoms with Crippen molar-refractivity contribution in [1.82, 2.24) is 15.1 Å². The number of aliphatic hydroxyl groups is 1. The molecule has 1 aromatic heterocycles. The Morgan fingerprint density at radius 2 is 2.14 bits per heavy atom. The van der Waals surface area contributed by atoms with Crippen LogP contribution in [0.2, 0.25) is 0 Å². The Labute approximate surface area is 167 Å². The lowest BCUT2D eigenvalue weighted by molar-refractivity contribution is -0.0566. The quantitative estimate of drug-likeness (QED) is 0.731. The van der Waals surface area contributed by atoms with Gasteiger partial charge in [0.2, 0.25) is 0 Å². The van der Waals surface area contributed by atoms with Gasteiger partial charge in [-0.15, -0.1) is 0 Å². The molecule has 3 saturated heterocycles. The van der Waals surface area contributed by atoms with Crippen LogP contribution in [-0.4, -0.2) is 78.4 Å². The first kappa shape index (κ1) is 19.9. The van der Waals surface area contributed by atoms with Gasteiger partial charge in [0.05, 0.1) is 12.7 Å². The number of likely N-dealkylation sites (tertiary alicyclic amines) is 1. The number of ether oxygens (including phenoxy) is 1. The number of amides is 1. The van der Waals surface area contributed by atoms with E-state index in [0.717, 1.165) is 56.9 Å². The number of fused-ring (bicyclic) bond motifs is 1. The number of aliphatic hydroxyl groups excluding tert-OH is 1. The number of nitrogens with zero attached hydrogens (tertiary/aromatic N) is 2. The standard InChI is InChI=1S/C21H33N3O4/c1-2-19-15(11-23-6-3-4-7-23)9-20(28-19)21(26)22-16-10-17-14-27-18(5-8-25)13-24(17)12-16/h9,16-18,25H,2-8,10-14H2,1H3,(H,22,26)/t16-,17+,18+/m1/s1. The maximum atomic E-state index is 12.8. The molecule has 3 fully saturated rings. The highest BCUT2D eigenvalue weighted by Gasteiger charge is 2.38. The number of nitrogens with one attached hydrogen (secondary N) is 1. The van der Waals surface area contributed by atoms with Crippen LogP contribution in [0.4, 0.5) is 0 Å². The molecule has 3 atom stereocenters. The molecule has 0 bridgehead atoms. The topological polar surface area (TPSA) is 78.2 Å². The fourth-order valence-corrected chi connectivity index (χ4v) is 4.82. The number of carbonyl (C=O) groups is 1. The molecule has 7 nitrogen and oxygen atoms in total. The second-order valence-electron chi connectivity index (χ2n) is 8.38. The van der Waals surface area contributed by atoms with Crippen LogP contribution in [0.15, 0.2) is 10.5 Å². The molecule has 0 unspecified atom stereocenters. The molecule has 28 heavy (non-hydrogen) atoms. The van der Waals surface area contributed by atoms with Crippen LogP contribution in [-0.2, 0) is 17.7 Å². The molecule has 4 heterocycles. The number of hydrogen-bond acceptors (Lipinski definition) is 6. The maximum Gasteiger partial charge on any atom is 0.287 e. The highest BCUT2D eigenvalue weighted by Crippen LogP contribution is 2.25. The minimum atomic E-state index is -0.111. The largest absolute Gasteiger partial charge is 0.456 e. The van der Waals surface area contributed by atoms with E-state index in [1.165, 1.54) is 12.8 Å². The first-order valence-electron chi connectivity index (χ1n) is 10.8. The molecule has 0 spiro atoms. The zero-order chi connectivity index (χ0) is 19.5. The molecule has 156 valence electrons. The van der Waals surface area contributed by atoms with E-state index in [4.69, 9.17) is 14.3 Å². The zero-order valence-corrected chi connectivity index (χ0v) is 16.9. The van der Waals surface area contributed by atoms with Gasteiger partial charge in [0, 0.05) is 50.3 Å². The van der Waals surface area contributed by atoms with Gasteiger partial charge >= 0.3 is 0 Å². The number of morpholine rings is 1. The number of hydrogen-bond donors (Lipinski definition) is 2. The van der Waals surface area contributed by atoms with Crippen molar-refractivity contribution < 1.29 is 19.1 Å². The van der Waals surface area contributed by atoms with E-state index in [-0.39, 0.29) is 24.7 Å². The SMILES string of the molecule is CCc1oc(C(=O)N[C@@H]2C[C@H]3CO[C@@H](CCO)CN3C2)cc1CN1CCCC1. The van der Waals surface area contributed by atoms with E-state index in [1.807, 2.05) is 6.07 Å². The molecule has 1 aromatic rings. The molecule has 1 amide bonds. The van der Waals surface area contributed by atoms with Crippen molar-refractivity contribution in [2.45, 2.75) is 63.8 Å². The van der Waals surface area contributed by atoms with Crippen LogP contribution >= 0.6 is 0 Å². The third kappa shape index (κ3) is 4.43. The number of aryl methyl sites for hydroxylation is 1. The summed E-state index contributed by atoms with van der Waals surface area (Å²) in [5.74, 6) is 1.26. The van der Waals surface area contributed by atoms with Gasteiger partial charge < -0.3 is 19.6 Å². The summed E-state index contributed by atoms with van der Waals surface area (Å²) in [6.45, 7) is 7.72. The van der Waals surface area contributed by atoms with Crippen molar-refractivity contribution in [2.24, 2.45) is 0 Å². The minimum Gasteiger partial charge on any atom is -0.456 e. The van der Waals surface area contributed by atoms with Crippen LogP contribution in [0.1, 0.15) is 54.5 Å². The Balaban J connectivity index is 1.34. The van der Waals surface area contributed by atoms with Crippen LogP contribution in [0, 0.1) is 0 Å². The number of rotatable bonds is 7. The first-order valence-corrected chi connectivity index (χ1v) is 10.8. The molecule has 0 aromatic carbocycles. The van der Waals surface area contributed by atoms with Gasteiger partial charge in [0.1, 0.15) is 5.76 Å². The molecule has 0 saturated carbocycles. The number of furan rings is 1. The Hall–Kier alpha value is -1.41. The van der Waals surface area contributed by atoms with Crippen molar-refractivity contribution in [3.8, 4) is 0 Å². The Morgan fingerprint density at radius 1 is 1.32 bits per heavy atom. The minimum absolute atomic E-state index is 0.0982. The van der Waals surface area contributed by atoms with Crippen molar-refractivity contribution >= 4 is 5.91 Å². The summed E-state index contributed by atoms with van der Waals surface area (Å²) in [7, 11) is 0. The third-order valence-corrected chi connectivity index (χ3v) is 6.31. The maximum absolute atomic E-state index is 12.8. The van der Waals surface area contributed by atoms with Crippen LogP contribution in [0.25, 0.3) is 0 Å². The fourth-order valence-electron chi connectivity index (χ4n) is 4.82. The van der Waals surface area contributed by atoms with Crippen molar-refractivity contribution in [3.05, 3.63) is 23.2 Å². The summed E-state index contributed by atoms with van der Waals surface area (Å²) in [4.78, 5) is 17.6. The predicted octanol–water partition coefficient (Wildman–Crippen LogP) is 1.39. The second-order valence-corrected chi connectivity index (χ2v) is 8.38. The highest BCUT2D eigenvalue weighted by atomic mass is 16.5. The molecule has 0 aliphatic carbocycles. The van der Waals surface area contributed by atoms with Crippen LogP contribution < -0.4 is 5.32 Å². The van der Waals surface area contributed by atoms with E-state index < -0.39 is 0 Å². The van der Waals surface area contributed by atoms with Crippen molar-refractivity contribution in [2.75, 3.05) is 39.4 Å². The Kier molecular flexibility index (Phi) is 6.35. The van der Waals surface area contributed by atoms with Crippen LogP contribution in [0.3, 0.4) is 0 Å². The molecule has 2 N–H and O–H groups in total. The van der Waals surface area contributed by atoms with Gasteiger partial charge in [-0.05, 0) is 44.8 Å². The molecule has 3 aliphatic rings. The molecule has 7 heteroatoms. The predicted molar refractivity (Wildman–Crippen MR) is 105 cm³/mol. The van der Waals surface area contributed by atoms with E-state index in [2.05, 4.69) is 22.0 Å². The summed E-state index contributed by atoms with van der Waals surface area (Å²) >= 11 is 0. The molecule has 0 radical (unpaired) electrons. The Bertz CT molecular complexity index is 671. The van der Waals surface area contributed by atoms with Gasteiger partial charge in [-0.3, -0.25) is 14.6 Å². The lowest BCUT2D eigenvalue weighted by Crippen LogP contribution is -2.46. The summed E-state index contributed by atoms with van der Waals surface area (Å²) in [5.41, 5.74) is 1.15. The van der Waals surface area contributed by atoms with Crippen molar-refractivity contribution in [1.29, 1.82) is 0 Å². The lowest BCUT2D eigenvalue weighted by Gasteiger charge is -2.34. The third-order valence-electron chi connectivity index (χ3n) is 6.31. The summed E-state index contributed by atoms with van der Waals surface area (Å²) in [6.07, 6.45) is 5.00. The average molecular weight is 392 g/mol. The second kappa shape index (κ2) is 8.95. The molecular weight excluding hydrogens is 358 g/mol.